The lowest BCUT2D eigenvalue weighted by molar-refractivity contribution is -0.120. The quantitative estimate of drug-likeness (QED) is 0.940. The smallest absolute Gasteiger partial charge is 0.154 e. The molecule has 0 aromatic heterocycles. The highest BCUT2D eigenvalue weighted by molar-refractivity contribution is 6.31. The summed E-state index contributed by atoms with van der Waals surface area (Å²) in [7, 11) is 0. The largest absolute Gasteiger partial charge is 0.303 e. The molecule has 0 fully saturated rings. The summed E-state index contributed by atoms with van der Waals surface area (Å²) in [4.78, 5) is 12.5. The Bertz CT molecular complexity index is 681. The van der Waals surface area contributed by atoms with Gasteiger partial charge in [-0.15, -0.1) is 0 Å². The molecule has 21 heavy (non-hydrogen) atoms. The van der Waals surface area contributed by atoms with Gasteiger partial charge in [-0.2, -0.15) is 0 Å². The Morgan fingerprint density at radius 2 is 2.00 bits per heavy atom. The van der Waals surface area contributed by atoms with Gasteiger partial charge in [0, 0.05) is 18.0 Å². The lowest BCUT2D eigenvalue weighted by Gasteiger charge is -2.25. The van der Waals surface area contributed by atoms with Crippen molar-refractivity contribution in [2.24, 2.45) is 0 Å². The molecule has 0 amide bonds. The molecule has 1 atom stereocenters. The number of nitrogens with one attached hydrogen (secondary N) is 1. The van der Waals surface area contributed by atoms with E-state index < -0.39 is 0 Å². The predicted molar refractivity (Wildman–Crippen MR) is 85.7 cm³/mol. The molecule has 1 N–H and O–H groups in total. The highest BCUT2D eigenvalue weighted by Gasteiger charge is 2.24. The highest BCUT2D eigenvalue weighted by atomic mass is 35.5. The molecule has 2 aromatic carbocycles. The average molecular weight is 300 g/mol. The fraction of sp³-hybridized carbons (Fsp3) is 0.278. The third-order valence-corrected chi connectivity index (χ3v) is 4.40. The molecule has 1 aliphatic heterocycles. The standard InChI is InChI=1S/C18H18ClNO/c1-12-6-7-14(16(19)8-12)10-18(21)17-9-13-4-2-3-5-15(13)11-20-17/h2-8,17,20H,9-11H2,1H3. The molecule has 3 heteroatoms. The minimum Gasteiger partial charge on any atom is -0.303 e. The van der Waals surface area contributed by atoms with Gasteiger partial charge in [-0.1, -0.05) is 48.0 Å². The van der Waals surface area contributed by atoms with Gasteiger partial charge in [-0.3, -0.25) is 4.79 Å². The van der Waals surface area contributed by atoms with Gasteiger partial charge in [-0.05, 0) is 41.7 Å². The zero-order valence-corrected chi connectivity index (χ0v) is 12.8. The van der Waals surface area contributed by atoms with Crippen LogP contribution in [0.15, 0.2) is 42.5 Å². The lowest BCUT2D eigenvalue weighted by atomic mass is 9.91. The van der Waals surface area contributed by atoms with E-state index in [0.29, 0.717) is 11.4 Å². The Labute approximate surface area is 130 Å². The van der Waals surface area contributed by atoms with Crippen LogP contribution in [0.1, 0.15) is 22.3 Å². The Morgan fingerprint density at radius 3 is 2.76 bits per heavy atom. The molecule has 0 spiro atoms. The van der Waals surface area contributed by atoms with Crippen LogP contribution in [-0.2, 0) is 24.2 Å². The minimum atomic E-state index is -0.114. The molecule has 108 valence electrons. The fourth-order valence-corrected chi connectivity index (χ4v) is 3.09. The van der Waals surface area contributed by atoms with Crippen molar-refractivity contribution in [3.8, 4) is 0 Å². The summed E-state index contributed by atoms with van der Waals surface area (Å²) in [5, 5.41) is 4.01. The molecule has 1 aliphatic rings. The molecular formula is C18H18ClNO. The first kappa shape index (κ1) is 14.3. The number of halogens is 1. The summed E-state index contributed by atoms with van der Waals surface area (Å²) in [6.07, 6.45) is 1.15. The van der Waals surface area contributed by atoms with Crippen molar-refractivity contribution in [3.05, 3.63) is 69.7 Å². The molecule has 0 radical (unpaired) electrons. The van der Waals surface area contributed by atoms with Gasteiger partial charge < -0.3 is 5.32 Å². The SMILES string of the molecule is Cc1ccc(CC(=O)C2Cc3ccccc3CN2)c(Cl)c1. The van der Waals surface area contributed by atoms with Crippen LogP contribution in [0, 0.1) is 6.92 Å². The van der Waals surface area contributed by atoms with Crippen molar-refractivity contribution in [1.82, 2.24) is 5.32 Å². The van der Waals surface area contributed by atoms with Crippen LogP contribution in [0.4, 0.5) is 0 Å². The Morgan fingerprint density at radius 1 is 1.24 bits per heavy atom. The van der Waals surface area contributed by atoms with Gasteiger partial charge in [0.15, 0.2) is 5.78 Å². The Kier molecular flexibility index (Phi) is 4.09. The minimum absolute atomic E-state index is 0.114. The zero-order chi connectivity index (χ0) is 14.8. The highest BCUT2D eigenvalue weighted by Crippen LogP contribution is 2.21. The number of carbonyl (C=O) groups is 1. The van der Waals surface area contributed by atoms with Crippen LogP contribution in [-0.4, -0.2) is 11.8 Å². The van der Waals surface area contributed by atoms with Gasteiger partial charge in [0.2, 0.25) is 0 Å². The van der Waals surface area contributed by atoms with Crippen molar-refractivity contribution in [2.45, 2.75) is 32.4 Å². The molecule has 0 saturated heterocycles. The Hall–Kier alpha value is -1.64. The number of benzene rings is 2. The summed E-state index contributed by atoms with van der Waals surface area (Å²) in [6, 6.07) is 14.0. The second-order valence-corrected chi connectivity index (χ2v) is 6.05. The number of hydrogen-bond donors (Lipinski definition) is 1. The molecule has 0 aliphatic carbocycles. The van der Waals surface area contributed by atoms with Crippen molar-refractivity contribution in [2.75, 3.05) is 0 Å². The van der Waals surface area contributed by atoms with Gasteiger partial charge >= 0.3 is 0 Å². The van der Waals surface area contributed by atoms with E-state index in [9.17, 15) is 4.79 Å². The maximum absolute atomic E-state index is 12.5. The summed E-state index contributed by atoms with van der Waals surface area (Å²) in [6.45, 7) is 2.76. The molecule has 2 aromatic rings. The van der Waals surface area contributed by atoms with Gasteiger partial charge in [-0.25, -0.2) is 0 Å². The van der Waals surface area contributed by atoms with Crippen LogP contribution in [0.25, 0.3) is 0 Å². The van der Waals surface area contributed by atoms with E-state index in [1.165, 1.54) is 11.1 Å². The first-order valence-corrected chi connectivity index (χ1v) is 7.59. The molecule has 1 heterocycles. The van der Waals surface area contributed by atoms with Crippen molar-refractivity contribution >= 4 is 17.4 Å². The predicted octanol–water partition coefficient (Wildman–Crippen LogP) is 3.47. The number of carbonyl (C=O) groups excluding carboxylic acids is 1. The van der Waals surface area contributed by atoms with Crippen LogP contribution >= 0.6 is 11.6 Å². The van der Waals surface area contributed by atoms with Gasteiger partial charge in [0.25, 0.3) is 0 Å². The summed E-state index contributed by atoms with van der Waals surface area (Å²) in [5.41, 5.74) is 4.58. The number of fused-ring (bicyclic) bond motifs is 1. The van der Waals surface area contributed by atoms with Crippen molar-refractivity contribution in [1.29, 1.82) is 0 Å². The van der Waals surface area contributed by atoms with E-state index in [0.717, 1.165) is 24.1 Å². The molecule has 2 nitrogen and oxygen atoms in total. The maximum atomic E-state index is 12.5. The second kappa shape index (κ2) is 6.00. The number of ketones is 1. The van der Waals surface area contributed by atoms with Crippen LogP contribution in [0.5, 0.6) is 0 Å². The number of hydrogen-bond acceptors (Lipinski definition) is 2. The van der Waals surface area contributed by atoms with E-state index >= 15 is 0 Å². The van der Waals surface area contributed by atoms with E-state index in [-0.39, 0.29) is 11.8 Å². The number of rotatable bonds is 3. The molecule has 3 rings (SSSR count). The van der Waals surface area contributed by atoms with Crippen LogP contribution in [0.2, 0.25) is 5.02 Å². The first-order valence-electron chi connectivity index (χ1n) is 7.21. The number of aryl methyl sites for hydroxylation is 1. The third kappa shape index (κ3) is 3.17. The maximum Gasteiger partial charge on any atom is 0.154 e. The lowest BCUT2D eigenvalue weighted by Crippen LogP contribution is -2.42. The van der Waals surface area contributed by atoms with E-state index in [2.05, 4.69) is 17.4 Å². The topological polar surface area (TPSA) is 29.1 Å². The average Bonchev–Trinajstić information content (AvgIpc) is 2.49. The van der Waals surface area contributed by atoms with E-state index in [1.54, 1.807) is 0 Å². The summed E-state index contributed by atoms with van der Waals surface area (Å²) >= 11 is 6.22. The zero-order valence-electron chi connectivity index (χ0n) is 12.0. The molecule has 0 bridgehead atoms. The third-order valence-electron chi connectivity index (χ3n) is 4.04. The summed E-state index contributed by atoms with van der Waals surface area (Å²) in [5.74, 6) is 0.204. The van der Waals surface area contributed by atoms with Crippen LogP contribution < -0.4 is 5.32 Å². The monoisotopic (exact) mass is 299 g/mol. The fourth-order valence-electron chi connectivity index (χ4n) is 2.79. The normalized spacial score (nSPS) is 17.3. The van der Waals surface area contributed by atoms with Gasteiger partial charge in [0.05, 0.1) is 6.04 Å². The van der Waals surface area contributed by atoms with Crippen molar-refractivity contribution < 1.29 is 4.79 Å². The van der Waals surface area contributed by atoms with Crippen molar-refractivity contribution in [3.63, 3.8) is 0 Å². The van der Waals surface area contributed by atoms with Crippen LogP contribution in [0.3, 0.4) is 0 Å². The van der Waals surface area contributed by atoms with E-state index in [4.69, 9.17) is 11.6 Å². The molecule has 1 unspecified atom stereocenters. The number of Topliss-reactive ketones (excluding diaryl/α,β-unsaturated/α-hetero) is 1. The first-order chi connectivity index (χ1) is 10.1. The molecule has 0 saturated carbocycles. The summed E-state index contributed by atoms with van der Waals surface area (Å²) < 4.78 is 0. The second-order valence-electron chi connectivity index (χ2n) is 5.64. The Balaban J connectivity index is 1.72. The molecular weight excluding hydrogens is 282 g/mol. The van der Waals surface area contributed by atoms with Gasteiger partial charge in [0.1, 0.15) is 0 Å². The van der Waals surface area contributed by atoms with E-state index in [1.807, 2.05) is 37.3 Å².